The average molecular weight is 470 g/mol. The summed E-state index contributed by atoms with van der Waals surface area (Å²) in [6.07, 6.45) is 6.26. The molecule has 0 atom stereocenters. The number of fused-ring (bicyclic) bond motifs is 1. The van der Waals surface area contributed by atoms with Crippen LogP contribution in [0.2, 0.25) is 0 Å². The van der Waals surface area contributed by atoms with Gasteiger partial charge in [0.15, 0.2) is 0 Å². The highest BCUT2D eigenvalue weighted by molar-refractivity contribution is 6.45. The van der Waals surface area contributed by atoms with Gasteiger partial charge in [-0.3, -0.25) is 9.59 Å². The number of amidine groups is 1. The molecule has 0 bridgehead atoms. The van der Waals surface area contributed by atoms with E-state index in [-0.39, 0.29) is 24.0 Å². The van der Waals surface area contributed by atoms with Crippen molar-refractivity contribution in [1.29, 1.82) is 5.26 Å². The Hall–Kier alpha value is -4.85. The third-order valence-corrected chi connectivity index (χ3v) is 5.93. The molecule has 2 aromatic heterocycles. The molecule has 35 heavy (non-hydrogen) atoms. The van der Waals surface area contributed by atoms with Gasteiger partial charge in [0.1, 0.15) is 11.7 Å². The minimum atomic E-state index is -0.798. The van der Waals surface area contributed by atoms with Crippen LogP contribution < -0.4 is 0 Å². The van der Waals surface area contributed by atoms with Crippen LogP contribution in [0.3, 0.4) is 0 Å². The number of aromatic nitrogens is 4. The monoisotopic (exact) mass is 470 g/mol. The number of Topliss-reactive ketones (excluding diaryl/α,β-unsaturated/α-hetero) is 1. The van der Waals surface area contributed by atoms with Gasteiger partial charge in [-0.2, -0.15) is 10.3 Å². The van der Waals surface area contributed by atoms with Crippen LogP contribution in [0.1, 0.15) is 15.9 Å². The largest absolute Gasteiger partial charge is 0.359 e. The minimum absolute atomic E-state index is 0.0301. The number of nitriles is 1. The summed E-state index contributed by atoms with van der Waals surface area (Å²) in [7, 11) is 0. The van der Waals surface area contributed by atoms with Gasteiger partial charge in [-0.1, -0.05) is 35.5 Å². The summed E-state index contributed by atoms with van der Waals surface area (Å²) in [5.74, 6) is -1.61. The number of hydrogen-bond acceptors (Lipinski definition) is 6. The summed E-state index contributed by atoms with van der Waals surface area (Å²) in [5.41, 5.74) is 1.60. The Balaban J connectivity index is 1.35. The number of carbonyl (C=O) groups excluding carboxylic acids is 2. The summed E-state index contributed by atoms with van der Waals surface area (Å²) >= 11 is 0. The van der Waals surface area contributed by atoms with Crippen LogP contribution in [0.15, 0.2) is 66.0 Å². The summed E-state index contributed by atoms with van der Waals surface area (Å²) < 4.78 is 16.2. The number of aliphatic imine (C=N–C) groups is 1. The molecule has 0 spiro atoms. The fraction of sp³-hybridized carbons (Fsp3) is 0.167. The molecule has 5 rings (SSSR count). The molecule has 3 heterocycles. The van der Waals surface area contributed by atoms with Gasteiger partial charge in [-0.05, 0) is 12.1 Å². The second kappa shape index (κ2) is 9.18. The first kappa shape index (κ1) is 22.0. The molecule has 1 aliphatic heterocycles. The highest BCUT2D eigenvalue weighted by atomic mass is 19.1. The van der Waals surface area contributed by atoms with Gasteiger partial charge in [0.2, 0.25) is 6.19 Å². The molecule has 4 aromatic rings. The fourth-order valence-electron chi connectivity index (χ4n) is 4.23. The number of rotatable bonds is 4. The summed E-state index contributed by atoms with van der Waals surface area (Å²) in [4.78, 5) is 36.4. The first-order valence-electron chi connectivity index (χ1n) is 10.9. The number of benzene rings is 2. The molecule has 0 radical (unpaired) electrons. The summed E-state index contributed by atoms with van der Waals surface area (Å²) in [5, 5.41) is 16.8. The number of carbonyl (C=O) groups is 2. The van der Waals surface area contributed by atoms with Crippen LogP contribution >= 0.6 is 0 Å². The maximum absolute atomic E-state index is 14.8. The molecule has 0 unspecified atom stereocenters. The molecule has 1 saturated heterocycles. The topological polar surface area (TPSA) is 123 Å². The zero-order chi connectivity index (χ0) is 24.4. The number of halogens is 1. The van der Waals surface area contributed by atoms with E-state index in [9.17, 15) is 14.0 Å². The Kier molecular flexibility index (Phi) is 5.76. The molecule has 11 heteroatoms. The number of hydrogen-bond donors (Lipinski definition) is 1. The zero-order valence-corrected chi connectivity index (χ0v) is 18.4. The van der Waals surface area contributed by atoms with Crippen LogP contribution in [0.25, 0.3) is 16.6 Å². The van der Waals surface area contributed by atoms with Crippen molar-refractivity contribution in [3.63, 3.8) is 0 Å². The van der Waals surface area contributed by atoms with Gasteiger partial charge >= 0.3 is 0 Å². The predicted molar refractivity (Wildman–Crippen MR) is 124 cm³/mol. The van der Waals surface area contributed by atoms with Crippen molar-refractivity contribution in [1.82, 2.24) is 29.8 Å². The Morgan fingerprint density at radius 3 is 2.49 bits per heavy atom. The van der Waals surface area contributed by atoms with Gasteiger partial charge in [-0.25, -0.2) is 9.07 Å². The van der Waals surface area contributed by atoms with E-state index in [4.69, 9.17) is 5.26 Å². The van der Waals surface area contributed by atoms with Crippen LogP contribution in [0.4, 0.5) is 4.39 Å². The molecule has 1 amide bonds. The quantitative estimate of drug-likeness (QED) is 0.160. The number of ketones is 1. The molecule has 10 nitrogen and oxygen atoms in total. The Morgan fingerprint density at radius 2 is 1.80 bits per heavy atom. The lowest BCUT2D eigenvalue weighted by atomic mass is 10.1. The van der Waals surface area contributed by atoms with Gasteiger partial charge in [0.05, 0.1) is 29.2 Å². The van der Waals surface area contributed by atoms with Crippen molar-refractivity contribution in [2.45, 2.75) is 0 Å². The van der Waals surface area contributed by atoms with Crippen molar-refractivity contribution in [2.24, 2.45) is 4.99 Å². The number of piperazine rings is 1. The van der Waals surface area contributed by atoms with Crippen molar-refractivity contribution in [2.75, 3.05) is 26.2 Å². The van der Waals surface area contributed by atoms with Crippen molar-refractivity contribution in [3.8, 4) is 11.9 Å². The minimum Gasteiger partial charge on any atom is -0.359 e. The van der Waals surface area contributed by atoms with E-state index < -0.39 is 17.5 Å². The molecular formula is C24H19FN8O2. The maximum atomic E-state index is 14.8. The van der Waals surface area contributed by atoms with E-state index in [1.165, 1.54) is 34.1 Å². The molecular weight excluding hydrogens is 451 g/mol. The van der Waals surface area contributed by atoms with E-state index in [0.29, 0.717) is 30.1 Å². The molecule has 1 N–H and O–H groups in total. The van der Waals surface area contributed by atoms with Crippen LogP contribution in [-0.2, 0) is 4.79 Å². The lowest BCUT2D eigenvalue weighted by Gasteiger charge is -2.35. The second-order valence-corrected chi connectivity index (χ2v) is 7.88. The first-order chi connectivity index (χ1) is 17.1. The Bertz CT molecular complexity index is 1460. The van der Waals surface area contributed by atoms with Crippen molar-refractivity contribution >= 4 is 28.4 Å². The van der Waals surface area contributed by atoms with Crippen LogP contribution in [0.5, 0.6) is 0 Å². The summed E-state index contributed by atoms with van der Waals surface area (Å²) in [6, 6.07) is 12.0. The number of aromatic amines is 1. The lowest BCUT2D eigenvalue weighted by Crippen LogP contribution is -2.52. The fourth-order valence-corrected chi connectivity index (χ4v) is 4.23. The number of H-pyrrole nitrogens is 1. The highest BCUT2D eigenvalue weighted by Gasteiger charge is 2.30. The maximum Gasteiger partial charge on any atom is 0.295 e. The second-order valence-electron chi connectivity index (χ2n) is 7.88. The lowest BCUT2D eigenvalue weighted by molar-refractivity contribution is -0.127. The Labute approximate surface area is 198 Å². The number of amides is 1. The standard InChI is InChI=1S/C24H19FN8O2/c25-18-6-7-19(33-9-8-29-30-33)21-20(18)17(14-27-21)22(34)24(35)32-12-10-31(11-13-32)23(28-15-26)16-4-2-1-3-5-16/h1-9,14,27H,10-13H2. The van der Waals surface area contributed by atoms with E-state index >= 15 is 0 Å². The average Bonchev–Trinajstić information content (AvgIpc) is 3.59. The van der Waals surface area contributed by atoms with E-state index in [2.05, 4.69) is 20.3 Å². The number of nitrogens with one attached hydrogen (secondary N) is 1. The summed E-state index contributed by atoms with van der Waals surface area (Å²) in [6.45, 7) is 1.31. The molecule has 0 aliphatic carbocycles. The molecule has 1 aliphatic rings. The first-order valence-corrected chi connectivity index (χ1v) is 10.9. The van der Waals surface area contributed by atoms with Crippen LogP contribution in [0, 0.1) is 17.3 Å². The third kappa shape index (κ3) is 4.02. The van der Waals surface area contributed by atoms with Gasteiger partial charge in [0, 0.05) is 43.3 Å². The van der Waals surface area contributed by atoms with Gasteiger partial charge < -0.3 is 14.8 Å². The molecule has 1 fully saturated rings. The normalized spacial score (nSPS) is 14.2. The Morgan fingerprint density at radius 1 is 1.06 bits per heavy atom. The van der Waals surface area contributed by atoms with Crippen LogP contribution in [-0.4, -0.2) is 73.5 Å². The SMILES string of the molecule is N#CN=C(c1ccccc1)N1CCN(C(=O)C(=O)c2c[nH]c3c(-n4ccnn4)ccc(F)c23)CC1. The zero-order valence-electron chi connectivity index (χ0n) is 18.4. The van der Waals surface area contributed by atoms with Gasteiger partial charge in [0.25, 0.3) is 11.7 Å². The van der Waals surface area contributed by atoms with E-state index in [1.807, 2.05) is 41.4 Å². The third-order valence-electron chi connectivity index (χ3n) is 5.93. The predicted octanol–water partition coefficient (Wildman–Crippen LogP) is 2.14. The van der Waals surface area contributed by atoms with Crippen molar-refractivity contribution in [3.05, 3.63) is 78.0 Å². The highest BCUT2D eigenvalue weighted by Crippen LogP contribution is 2.28. The molecule has 174 valence electrons. The molecule has 2 aromatic carbocycles. The van der Waals surface area contributed by atoms with Gasteiger partial charge in [-0.15, -0.1) is 5.10 Å². The van der Waals surface area contributed by atoms with Crippen molar-refractivity contribution < 1.29 is 14.0 Å². The van der Waals surface area contributed by atoms with E-state index in [0.717, 1.165) is 5.56 Å². The number of nitrogens with zero attached hydrogens (tertiary/aromatic N) is 7. The molecule has 0 saturated carbocycles. The van der Waals surface area contributed by atoms with E-state index in [1.54, 1.807) is 6.20 Å². The smallest absolute Gasteiger partial charge is 0.295 e.